The van der Waals surface area contributed by atoms with Gasteiger partial charge in [-0.3, -0.25) is 0 Å². The molecule has 0 spiro atoms. The Kier molecular flexibility index (Phi) is 4.34. The van der Waals surface area contributed by atoms with E-state index in [0.717, 1.165) is 34.2 Å². The molecule has 0 bridgehead atoms. The molecule has 0 saturated carbocycles. The first-order chi connectivity index (χ1) is 9.49. The van der Waals surface area contributed by atoms with E-state index in [1.807, 2.05) is 20.8 Å². The van der Waals surface area contributed by atoms with Gasteiger partial charge in [0.2, 0.25) is 0 Å². The number of aromatic carboxylic acids is 1. The Morgan fingerprint density at radius 2 is 2.10 bits per heavy atom. The predicted molar refractivity (Wildman–Crippen MR) is 80.1 cm³/mol. The lowest BCUT2D eigenvalue weighted by atomic mass is 10.1. The Morgan fingerprint density at radius 1 is 1.35 bits per heavy atom. The van der Waals surface area contributed by atoms with Crippen LogP contribution in [-0.2, 0) is 6.42 Å². The zero-order chi connectivity index (χ0) is 14.7. The second kappa shape index (κ2) is 6.00. The number of pyridine rings is 1. The summed E-state index contributed by atoms with van der Waals surface area (Å²) in [6.45, 7) is 5.98. The first-order valence-corrected chi connectivity index (χ1v) is 7.26. The van der Waals surface area contributed by atoms with Gasteiger partial charge >= 0.3 is 5.97 Å². The number of carboxylic acid groups (broad SMARTS) is 1. The number of carboxylic acids is 1. The highest BCUT2D eigenvalue weighted by molar-refractivity contribution is 7.15. The van der Waals surface area contributed by atoms with Crippen LogP contribution in [0.4, 0.5) is 10.9 Å². The van der Waals surface area contributed by atoms with Gasteiger partial charge in [-0.05, 0) is 32.4 Å². The van der Waals surface area contributed by atoms with Crippen LogP contribution in [0.1, 0.15) is 40.0 Å². The monoisotopic (exact) mass is 291 g/mol. The minimum Gasteiger partial charge on any atom is -0.478 e. The van der Waals surface area contributed by atoms with Crippen LogP contribution in [0.2, 0.25) is 0 Å². The maximum atomic E-state index is 11.2. The van der Waals surface area contributed by atoms with Crippen LogP contribution in [0.15, 0.2) is 12.1 Å². The van der Waals surface area contributed by atoms with Gasteiger partial charge in [0.05, 0.1) is 11.3 Å². The maximum Gasteiger partial charge on any atom is 0.335 e. The van der Waals surface area contributed by atoms with Crippen LogP contribution in [0.25, 0.3) is 0 Å². The van der Waals surface area contributed by atoms with E-state index in [4.69, 9.17) is 5.11 Å². The van der Waals surface area contributed by atoms with Crippen molar-refractivity contribution < 1.29 is 9.90 Å². The molecular formula is C14H17N3O2S. The van der Waals surface area contributed by atoms with Gasteiger partial charge < -0.3 is 10.4 Å². The Hall–Kier alpha value is -1.95. The lowest BCUT2D eigenvalue weighted by Gasteiger charge is -2.06. The molecule has 0 radical (unpaired) electrons. The molecule has 0 amide bonds. The third-order valence-corrected chi connectivity index (χ3v) is 3.88. The average molecular weight is 291 g/mol. The summed E-state index contributed by atoms with van der Waals surface area (Å²) in [5.74, 6) is -0.415. The van der Waals surface area contributed by atoms with Crippen molar-refractivity contribution in [1.29, 1.82) is 0 Å². The smallest absolute Gasteiger partial charge is 0.335 e. The number of carbonyl (C=O) groups is 1. The molecule has 0 unspecified atom stereocenters. The number of aryl methyl sites for hydroxylation is 3. The van der Waals surface area contributed by atoms with Crippen molar-refractivity contribution >= 4 is 28.3 Å². The summed E-state index contributed by atoms with van der Waals surface area (Å²) < 4.78 is 0. The summed E-state index contributed by atoms with van der Waals surface area (Å²) in [4.78, 5) is 21.1. The van der Waals surface area contributed by atoms with Crippen LogP contribution in [0, 0.1) is 13.8 Å². The van der Waals surface area contributed by atoms with Gasteiger partial charge in [0.15, 0.2) is 5.13 Å². The van der Waals surface area contributed by atoms with Gasteiger partial charge in [-0.1, -0.05) is 13.3 Å². The molecule has 2 heterocycles. The van der Waals surface area contributed by atoms with E-state index >= 15 is 0 Å². The summed E-state index contributed by atoms with van der Waals surface area (Å²) in [7, 11) is 0. The lowest BCUT2D eigenvalue weighted by molar-refractivity contribution is 0.0696. The number of nitrogens with zero attached hydrogens (tertiary/aromatic N) is 2. The fourth-order valence-corrected chi connectivity index (χ4v) is 2.62. The number of nitrogens with one attached hydrogen (secondary N) is 1. The topological polar surface area (TPSA) is 75.1 Å². The molecule has 2 N–H and O–H groups in total. The van der Waals surface area contributed by atoms with Crippen LogP contribution in [-0.4, -0.2) is 21.0 Å². The normalized spacial score (nSPS) is 10.6. The Morgan fingerprint density at radius 3 is 2.65 bits per heavy atom. The van der Waals surface area contributed by atoms with Gasteiger partial charge in [-0.15, -0.1) is 11.3 Å². The molecule has 0 aliphatic carbocycles. The number of anilines is 2. The predicted octanol–water partition coefficient (Wildman–Crippen LogP) is 3.55. The van der Waals surface area contributed by atoms with Gasteiger partial charge in [0.1, 0.15) is 5.82 Å². The summed E-state index contributed by atoms with van der Waals surface area (Å²) in [5.41, 5.74) is 2.00. The highest BCUT2D eigenvalue weighted by atomic mass is 32.1. The molecule has 0 atom stereocenters. The number of aromatic nitrogens is 2. The van der Waals surface area contributed by atoms with Crippen molar-refractivity contribution in [1.82, 2.24) is 9.97 Å². The molecule has 0 aliphatic rings. The van der Waals surface area contributed by atoms with Crippen molar-refractivity contribution in [3.8, 4) is 0 Å². The molecule has 2 aromatic rings. The molecule has 0 fully saturated rings. The molecule has 2 aromatic heterocycles. The zero-order valence-electron chi connectivity index (χ0n) is 11.7. The summed E-state index contributed by atoms with van der Waals surface area (Å²) in [6.07, 6.45) is 1.68. The van der Waals surface area contributed by atoms with Gasteiger partial charge in [-0.25, -0.2) is 14.8 Å². The van der Waals surface area contributed by atoms with Crippen molar-refractivity contribution in [2.45, 2.75) is 33.6 Å². The van der Waals surface area contributed by atoms with E-state index in [1.54, 1.807) is 6.07 Å². The molecule has 5 nitrogen and oxygen atoms in total. The second-order valence-corrected chi connectivity index (χ2v) is 5.78. The van der Waals surface area contributed by atoms with Crippen LogP contribution in [0.3, 0.4) is 0 Å². The number of thiazole rings is 1. The summed E-state index contributed by atoms with van der Waals surface area (Å²) in [6, 6.07) is 3.16. The molecule has 0 aromatic carbocycles. The second-order valence-electron chi connectivity index (χ2n) is 4.57. The summed E-state index contributed by atoms with van der Waals surface area (Å²) in [5, 5.41) is 13.0. The average Bonchev–Trinajstić information content (AvgIpc) is 2.68. The fourth-order valence-electron chi connectivity index (χ4n) is 1.80. The van der Waals surface area contributed by atoms with E-state index in [9.17, 15) is 4.79 Å². The highest BCUT2D eigenvalue weighted by Crippen LogP contribution is 2.24. The van der Waals surface area contributed by atoms with Crippen LogP contribution in [0.5, 0.6) is 0 Å². The maximum absolute atomic E-state index is 11.2. The molecule has 20 heavy (non-hydrogen) atoms. The number of rotatable bonds is 5. The van der Waals surface area contributed by atoms with Gasteiger partial charge in [0.25, 0.3) is 0 Å². The van der Waals surface area contributed by atoms with Gasteiger partial charge in [-0.2, -0.15) is 0 Å². The van der Waals surface area contributed by atoms with Crippen molar-refractivity contribution in [2.24, 2.45) is 0 Å². The van der Waals surface area contributed by atoms with Crippen molar-refractivity contribution in [3.05, 3.63) is 34.0 Å². The van der Waals surface area contributed by atoms with E-state index < -0.39 is 5.97 Å². The van der Waals surface area contributed by atoms with Crippen molar-refractivity contribution in [2.75, 3.05) is 5.32 Å². The molecule has 2 rings (SSSR count). The van der Waals surface area contributed by atoms with E-state index in [-0.39, 0.29) is 5.56 Å². The van der Waals surface area contributed by atoms with E-state index in [2.05, 4.69) is 15.3 Å². The SMILES string of the molecule is CCCc1cc(C(=O)O)cc(Nc2nc(C)c(C)s2)n1. The molecule has 0 aliphatic heterocycles. The van der Waals surface area contributed by atoms with E-state index in [1.165, 1.54) is 17.4 Å². The number of hydrogen-bond donors (Lipinski definition) is 2. The largest absolute Gasteiger partial charge is 0.478 e. The minimum atomic E-state index is -0.945. The molecule has 106 valence electrons. The molecule has 0 saturated heterocycles. The fraction of sp³-hybridized carbons (Fsp3) is 0.357. The van der Waals surface area contributed by atoms with Crippen molar-refractivity contribution in [3.63, 3.8) is 0 Å². The van der Waals surface area contributed by atoms with E-state index in [0.29, 0.717) is 5.82 Å². The first-order valence-electron chi connectivity index (χ1n) is 6.45. The zero-order valence-corrected chi connectivity index (χ0v) is 12.5. The van der Waals surface area contributed by atoms with Crippen LogP contribution >= 0.6 is 11.3 Å². The van der Waals surface area contributed by atoms with Crippen LogP contribution < -0.4 is 5.32 Å². The Labute approximate surface area is 121 Å². The number of hydrogen-bond acceptors (Lipinski definition) is 5. The first kappa shape index (κ1) is 14.5. The molecule has 6 heteroatoms. The minimum absolute atomic E-state index is 0.246. The Bertz CT molecular complexity index is 618. The lowest BCUT2D eigenvalue weighted by Crippen LogP contribution is -2.03. The van der Waals surface area contributed by atoms with Gasteiger partial charge in [0, 0.05) is 10.6 Å². The quantitative estimate of drug-likeness (QED) is 0.881. The third-order valence-electron chi connectivity index (χ3n) is 2.90. The highest BCUT2D eigenvalue weighted by Gasteiger charge is 2.10. The summed E-state index contributed by atoms with van der Waals surface area (Å²) >= 11 is 1.53. The Balaban J connectivity index is 2.32. The standard InChI is InChI=1S/C14H17N3O2S/c1-4-5-11-6-10(13(18)19)7-12(16-11)17-14-15-8(2)9(3)20-14/h6-7H,4-5H2,1-3H3,(H,18,19)(H,15,16,17). The molecular weight excluding hydrogens is 274 g/mol. The third kappa shape index (κ3) is 3.33.